The van der Waals surface area contributed by atoms with E-state index in [1.807, 2.05) is 0 Å². The fraction of sp³-hybridized carbons (Fsp3) is 0.667. The van der Waals surface area contributed by atoms with Gasteiger partial charge in [0.05, 0.1) is 0 Å². The number of anilines is 1. The van der Waals surface area contributed by atoms with Crippen LogP contribution in [0.2, 0.25) is 5.31 Å². The van der Waals surface area contributed by atoms with Crippen molar-refractivity contribution >= 4 is 17.7 Å². The maximum absolute atomic E-state index is 6.63. The van der Waals surface area contributed by atoms with Crippen molar-refractivity contribution in [2.45, 2.75) is 65.0 Å². The maximum atomic E-state index is 6.63. The van der Waals surface area contributed by atoms with Gasteiger partial charge in [-0.1, -0.05) is 32.9 Å². The number of hydrogen-bond donors (Lipinski definition) is 0. The predicted octanol–water partition coefficient (Wildman–Crippen LogP) is 0.810. The summed E-state index contributed by atoms with van der Waals surface area (Å²) in [5.74, 6) is 0. The van der Waals surface area contributed by atoms with Gasteiger partial charge in [0.25, 0.3) is 6.55 Å². The van der Waals surface area contributed by atoms with Crippen molar-refractivity contribution < 1.29 is 28.2 Å². The minimum Gasteiger partial charge on any atom is -0.558 e. The first-order chi connectivity index (χ1) is 9.82. The van der Waals surface area contributed by atoms with E-state index < -0.39 is 6.55 Å². The zero-order valence-electron chi connectivity index (χ0n) is 16.7. The molecule has 23 heavy (non-hydrogen) atoms. The SMILES string of the molecule is CN(C)c1ccc([B-]2(C(C)(C)C)OC(C)(C)C(C)(C)O2)cc1.[Li+]. The second-order valence-electron chi connectivity index (χ2n) is 8.82. The molecule has 5 heteroatoms. The third-order valence-corrected chi connectivity index (χ3v) is 5.36. The van der Waals surface area contributed by atoms with Gasteiger partial charge in [0, 0.05) is 31.0 Å². The Balaban J connectivity index is 0.00000264. The van der Waals surface area contributed by atoms with Gasteiger partial charge in [0.2, 0.25) is 0 Å². The molecular weight excluding hydrogens is 280 g/mol. The van der Waals surface area contributed by atoms with Crippen molar-refractivity contribution in [3.8, 4) is 0 Å². The molecule has 1 aromatic rings. The molecule has 3 nitrogen and oxygen atoms in total. The maximum Gasteiger partial charge on any atom is 1.00 e. The first-order valence-electron chi connectivity index (χ1n) is 8.15. The standard InChI is InChI=1S/C18H31BNO2.Li/c1-16(2,3)19(21-17(4,5)18(6,7)22-19)14-10-12-15(13-11-14)20(8)9;/h10-13H,1-9H3;/q-1;+1. The van der Waals surface area contributed by atoms with Crippen LogP contribution in [0.1, 0.15) is 48.5 Å². The average Bonchev–Trinajstić information content (AvgIpc) is 2.56. The van der Waals surface area contributed by atoms with Crippen LogP contribution in [0.4, 0.5) is 5.69 Å². The summed E-state index contributed by atoms with van der Waals surface area (Å²) in [5, 5.41) is -0.120. The van der Waals surface area contributed by atoms with E-state index in [0.29, 0.717) is 0 Å². The van der Waals surface area contributed by atoms with E-state index in [4.69, 9.17) is 9.31 Å². The van der Waals surface area contributed by atoms with Crippen LogP contribution in [0, 0.1) is 0 Å². The van der Waals surface area contributed by atoms with E-state index in [9.17, 15) is 0 Å². The van der Waals surface area contributed by atoms with E-state index in [1.165, 1.54) is 5.69 Å². The molecule has 0 saturated carbocycles. The molecule has 1 fully saturated rings. The largest absolute Gasteiger partial charge is 1.00 e. The molecule has 0 bridgehead atoms. The first kappa shape index (κ1) is 20.6. The molecule has 1 saturated heterocycles. The molecule has 0 radical (unpaired) electrons. The smallest absolute Gasteiger partial charge is 0.558 e. The molecular formula is C18H31BLiNO2. The molecule has 0 aromatic heterocycles. The Hall–Kier alpha value is -0.398. The zero-order chi connectivity index (χ0) is 17.0. The van der Waals surface area contributed by atoms with Gasteiger partial charge >= 0.3 is 18.9 Å². The van der Waals surface area contributed by atoms with Gasteiger partial charge < -0.3 is 14.2 Å². The predicted molar refractivity (Wildman–Crippen MR) is 96.2 cm³/mol. The summed E-state index contributed by atoms with van der Waals surface area (Å²) < 4.78 is 13.3. The molecule has 0 N–H and O–H groups in total. The van der Waals surface area contributed by atoms with Crippen LogP contribution >= 0.6 is 0 Å². The van der Waals surface area contributed by atoms with E-state index in [2.05, 4.69) is 91.7 Å². The normalized spacial score (nSPS) is 21.6. The van der Waals surface area contributed by atoms with Gasteiger partial charge in [-0.15, -0.1) is 5.31 Å². The van der Waals surface area contributed by atoms with Crippen molar-refractivity contribution in [2.75, 3.05) is 19.0 Å². The molecule has 1 aromatic carbocycles. The summed E-state index contributed by atoms with van der Waals surface area (Å²) in [7, 11) is 4.10. The fourth-order valence-electron chi connectivity index (χ4n) is 3.15. The Morgan fingerprint density at radius 2 is 1.26 bits per heavy atom. The summed E-state index contributed by atoms with van der Waals surface area (Å²) in [6.07, 6.45) is 0. The third kappa shape index (κ3) is 3.37. The van der Waals surface area contributed by atoms with Gasteiger partial charge in [-0.3, -0.25) is 0 Å². The Morgan fingerprint density at radius 3 is 1.57 bits per heavy atom. The summed E-state index contributed by atoms with van der Waals surface area (Å²) in [4.78, 5) is 2.10. The van der Waals surface area contributed by atoms with Crippen molar-refractivity contribution in [3.63, 3.8) is 0 Å². The average molecular weight is 311 g/mol. The molecule has 124 valence electrons. The van der Waals surface area contributed by atoms with Crippen molar-refractivity contribution in [1.29, 1.82) is 0 Å². The Bertz CT molecular complexity index is 531. The third-order valence-electron chi connectivity index (χ3n) is 5.36. The van der Waals surface area contributed by atoms with E-state index in [0.717, 1.165) is 5.46 Å². The molecule has 0 atom stereocenters. The molecule has 0 unspecified atom stereocenters. The van der Waals surface area contributed by atoms with Crippen LogP contribution in [0.5, 0.6) is 0 Å². The molecule has 1 aliphatic rings. The topological polar surface area (TPSA) is 21.7 Å². The van der Waals surface area contributed by atoms with Crippen LogP contribution in [0.3, 0.4) is 0 Å². The van der Waals surface area contributed by atoms with E-state index in [1.54, 1.807) is 0 Å². The van der Waals surface area contributed by atoms with Crippen LogP contribution in [0.25, 0.3) is 0 Å². The van der Waals surface area contributed by atoms with E-state index in [-0.39, 0.29) is 35.4 Å². The van der Waals surface area contributed by atoms with E-state index >= 15 is 0 Å². The van der Waals surface area contributed by atoms with Crippen LogP contribution in [0.15, 0.2) is 24.3 Å². The Kier molecular flexibility index (Phi) is 5.52. The summed E-state index contributed by atoms with van der Waals surface area (Å²) >= 11 is 0. The minimum atomic E-state index is -1.56. The fourth-order valence-corrected chi connectivity index (χ4v) is 3.15. The van der Waals surface area contributed by atoms with Gasteiger partial charge in [-0.2, -0.15) is 5.46 Å². The number of rotatable bonds is 2. The molecule has 2 rings (SSSR count). The Morgan fingerprint density at radius 1 is 0.870 bits per heavy atom. The number of benzene rings is 1. The van der Waals surface area contributed by atoms with Crippen LogP contribution in [-0.2, 0) is 9.31 Å². The number of nitrogens with zero attached hydrogens (tertiary/aromatic N) is 1. The van der Waals surface area contributed by atoms with Gasteiger partial charge in [-0.05, 0) is 39.8 Å². The quantitative estimate of drug-likeness (QED) is 0.755. The minimum absolute atomic E-state index is 0. The molecule has 0 amide bonds. The summed E-state index contributed by atoms with van der Waals surface area (Å²) in [6, 6.07) is 8.57. The van der Waals surface area contributed by atoms with Crippen molar-refractivity contribution in [2.24, 2.45) is 0 Å². The van der Waals surface area contributed by atoms with Gasteiger partial charge in [-0.25, -0.2) is 0 Å². The molecule has 0 aliphatic carbocycles. The van der Waals surface area contributed by atoms with Crippen LogP contribution in [-0.4, -0.2) is 31.8 Å². The summed E-state index contributed by atoms with van der Waals surface area (Å²) in [6.45, 7) is 13.5. The second kappa shape index (κ2) is 6.15. The molecule has 1 aliphatic heterocycles. The second-order valence-corrected chi connectivity index (χ2v) is 8.82. The Labute approximate surface area is 154 Å². The van der Waals surface area contributed by atoms with Crippen molar-refractivity contribution in [1.82, 2.24) is 0 Å². The van der Waals surface area contributed by atoms with Crippen LogP contribution < -0.4 is 29.2 Å². The first-order valence-corrected chi connectivity index (χ1v) is 8.15. The summed E-state index contributed by atoms with van der Waals surface area (Å²) in [5.41, 5.74) is 1.65. The van der Waals surface area contributed by atoms with Crippen molar-refractivity contribution in [3.05, 3.63) is 24.3 Å². The zero-order valence-corrected chi connectivity index (χ0v) is 16.7. The van der Waals surface area contributed by atoms with Gasteiger partial charge in [0.15, 0.2) is 0 Å². The number of hydrogen-bond acceptors (Lipinski definition) is 3. The monoisotopic (exact) mass is 311 g/mol. The molecule has 1 heterocycles. The van der Waals surface area contributed by atoms with Gasteiger partial charge in [0.1, 0.15) is 0 Å². The molecule has 0 spiro atoms.